The van der Waals surface area contributed by atoms with Crippen molar-refractivity contribution in [1.29, 1.82) is 10.5 Å². The summed E-state index contributed by atoms with van der Waals surface area (Å²) in [5.74, 6) is 0.109. The number of allylic oxidation sites excluding steroid dienone is 4. The monoisotopic (exact) mass is 612 g/mol. The minimum absolute atomic E-state index is 0.0872. The number of para-hydroxylation sites is 4. The fourth-order valence-electron chi connectivity index (χ4n) is 7.70. The molecule has 0 bridgehead atoms. The van der Waals surface area contributed by atoms with Crippen LogP contribution in [0.15, 0.2) is 158 Å². The van der Waals surface area contributed by atoms with Gasteiger partial charge in [-0.15, -0.1) is 0 Å². The van der Waals surface area contributed by atoms with Gasteiger partial charge < -0.3 is 9.13 Å². The molecular formula is C44H28N4. The summed E-state index contributed by atoms with van der Waals surface area (Å²) in [6, 6.07) is 50.9. The van der Waals surface area contributed by atoms with Crippen molar-refractivity contribution in [3.8, 4) is 29.0 Å². The Bertz CT molecular complexity index is 2600. The molecule has 0 saturated heterocycles. The first-order valence-corrected chi connectivity index (χ1v) is 16.1. The molecule has 0 fully saturated rings. The Hall–Kier alpha value is -6.62. The second-order valence-electron chi connectivity index (χ2n) is 12.3. The Morgan fingerprint density at radius 2 is 1.04 bits per heavy atom. The van der Waals surface area contributed by atoms with E-state index in [1.54, 1.807) is 0 Å². The molecule has 2 aromatic heterocycles. The van der Waals surface area contributed by atoms with Crippen molar-refractivity contribution < 1.29 is 0 Å². The first-order chi connectivity index (χ1) is 23.7. The van der Waals surface area contributed by atoms with Crippen molar-refractivity contribution in [2.24, 2.45) is 0 Å². The Morgan fingerprint density at radius 3 is 1.60 bits per heavy atom. The highest BCUT2D eigenvalue weighted by Crippen LogP contribution is 2.42. The second kappa shape index (κ2) is 11.0. The SMILES string of the molecule is N#Cc1cc(-c2ccc(C3C=CC=CC3n3c4ccccc4c4ccccc43)cc2)c(C#N)c(-n2c3ccccc3c3ccccc32)c1. The van der Waals surface area contributed by atoms with Crippen LogP contribution >= 0.6 is 0 Å². The zero-order valence-corrected chi connectivity index (χ0v) is 26.0. The Kier molecular flexibility index (Phi) is 6.35. The smallest absolute Gasteiger partial charge is 0.102 e. The minimum Gasteiger partial charge on any atom is -0.332 e. The van der Waals surface area contributed by atoms with Gasteiger partial charge in [-0.1, -0.05) is 121 Å². The van der Waals surface area contributed by atoms with Gasteiger partial charge in [0.2, 0.25) is 0 Å². The van der Waals surface area contributed by atoms with Gasteiger partial charge in [-0.25, -0.2) is 0 Å². The van der Waals surface area contributed by atoms with Gasteiger partial charge in [0.05, 0.1) is 40.0 Å². The van der Waals surface area contributed by atoms with Crippen LogP contribution in [0.3, 0.4) is 0 Å². The lowest BCUT2D eigenvalue weighted by Gasteiger charge is -2.28. The lowest BCUT2D eigenvalue weighted by molar-refractivity contribution is 0.576. The summed E-state index contributed by atoms with van der Waals surface area (Å²) in [7, 11) is 0. The molecule has 0 aliphatic heterocycles. The number of rotatable bonds is 4. The molecule has 2 atom stereocenters. The van der Waals surface area contributed by atoms with Gasteiger partial charge in [-0.2, -0.15) is 10.5 Å². The summed E-state index contributed by atoms with van der Waals surface area (Å²) in [5.41, 5.74) is 9.03. The third-order valence-corrected chi connectivity index (χ3v) is 9.81. The standard InChI is InChI=1S/C44H28N4/c45-27-29-25-37(38(28-46)44(26-29)48-42-19-9-4-14-35(42)36-15-5-10-20-43(36)48)31-23-21-30(22-24-31)32-11-1-6-16-39(32)47-40-17-7-2-12-33(40)34-13-3-8-18-41(34)47/h1-26,32,39H. The zero-order valence-electron chi connectivity index (χ0n) is 26.0. The second-order valence-corrected chi connectivity index (χ2v) is 12.3. The van der Waals surface area contributed by atoms with Crippen molar-refractivity contribution in [1.82, 2.24) is 9.13 Å². The number of nitriles is 2. The lowest BCUT2D eigenvalue weighted by Crippen LogP contribution is -2.16. The van der Waals surface area contributed by atoms with E-state index in [0.29, 0.717) is 16.8 Å². The maximum atomic E-state index is 10.7. The first kappa shape index (κ1) is 27.7. The van der Waals surface area contributed by atoms with E-state index in [1.807, 2.05) is 36.4 Å². The van der Waals surface area contributed by atoms with E-state index in [4.69, 9.17) is 0 Å². The molecule has 0 radical (unpaired) electrons. The number of hydrogen-bond donors (Lipinski definition) is 0. The van der Waals surface area contributed by atoms with Crippen LogP contribution in [0, 0.1) is 22.7 Å². The van der Waals surface area contributed by atoms with Gasteiger partial charge in [0.15, 0.2) is 0 Å². The molecule has 4 nitrogen and oxygen atoms in total. The van der Waals surface area contributed by atoms with Crippen LogP contribution in [-0.4, -0.2) is 9.13 Å². The van der Waals surface area contributed by atoms with E-state index in [2.05, 4.69) is 143 Å². The van der Waals surface area contributed by atoms with Crippen molar-refractivity contribution in [3.63, 3.8) is 0 Å². The molecule has 2 unspecified atom stereocenters. The summed E-state index contributed by atoms with van der Waals surface area (Å²) in [4.78, 5) is 0. The van der Waals surface area contributed by atoms with Crippen LogP contribution in [-0.2, 0) is 0 Å². The maximum absolute atomic E-state index is 10.7. The summed E-state index contributed by atoms with van der Waals surface area (Å²) in [6.45, 7) is 0. The molecule has 9 rings (SSSR count). The van der Waals surface area contributed by atoms with Gasteiger partial charge in [-0.05, 0) is 47.5 Å². The number of nitrogens with zero attached hydrogens (tertiary/aromatic N) is 4. The van der Waals surface area contributed by atoms with Crippen molar-refractivity contribution in [2.45, 2.75) is 12.0 Å². The Labute approximate surface area is 277 Å². The largest absolute Gasteiger partial charge is 0.332 e. The molecule has 8 aromatic rings. The molecule has 0 saturated carbocycles. The Balaban J connectivity index is 1.17. The van der Waals surface area contributed by atoms with Crippen LogP contribution in [0.4, 0.5) is 0 Å². The fraction of sp³-hybridized carbons (Fsp3) is 0.0455. The van der Waals surface area contributed by atoms with E-state index in [0.717, 1.165) is 32.9 Å². The zero-order chi connectivity index (χ0) is 32.2. The average Bonchev–Trinajstić information content (AvgIpc) is 3.67. The third-order valence-electron chi connectivity index (χ3n) is 9.81. The lowest BCUT2D eigenvalue weighted by atomic mass is 9.86. The Morgan fingerprint density at radius 1 is 0.521 bits per heavy atom. The van der Waals surface area contributed by atoms with Crippen molar-refractivity contribution >= 4 is 43.6 Å². The molecule has 0 spiro atoms. The number of aromatic nitrogens is 2. The van der Waals surface area contributed by atoms with E-state index in [9.17, 15) is 10.5 Å². The quantitative estimate of drug-likeness (QED) is 0.199. The predicted octanol–water partition coefficient (Wildman–Crippen LogP) is 10.8. The van der Waals surface area contributed by atoms with E-state index in [1.165, 1.54) is 27.4 Å². The molecule has 48 heavy (non-hydrogen) atoms. The molecule has 2 heterocycles. The maximum Gasteiger partial charge on any atom is 0.102 e. The van der Waals surface area contributed by atoms with Gasteiger partial charge >= 0.3 is 0 Å². The molecule has 0 N–H and O–H groups in total. The van der Waals surface area contributed by atoms with Crippen LogP contribution < -0.4 is 0 Å². The highest BCUT2D eigenvalue weighted by Gasteiger charge is 2.26. The molecule has 0 amide bonds. The average molecular weight is 613 g/mol. The number of benzene rings is 6. The molecular weight excluding hydrogens is 585 g/mol. The van der Waals surface area contributed by atoms with Crippen LogP contribution in [0.2, 0.25) is 0 Å². The molecule has 4 heteroatoms. The molecule has 1 aliphatic carbocycles. The summed E-state index contributed by atoms with van der Waals surface area (Å²) in [6.07, 6.45) is 8.84. The highest BCUT2D eigenvalue weighted by atomic mass is 15.0. The number of hydrogen-bond acceptors (Lipinski definition) is 2. The van der Waals surface area contributed by atoms with Gasteiger partial charge in [0, 0.05) is 44.1 Å². The normalized spacial score (nSPS) is 15.7. The van der Waals surface area contributed by atoms with Gasteiger partial charge in [0.1, 0.15) is 6.07 Å². The summed E-state index contributed by atoms with van der Waals surface area (Å²) < 4.78 is 4.59. The number of fused-ring (bicyclic) bond motifs is 6. The van der Waals surface area contributed by atoms with E-state index >= 15 is 0 Å². The van der Waals surface area contributed by atoms with Crippen molar-refractivity contribution in [2.75, 3.05) is 0 Å². The molecule has 1 aliphatic rings. The third kappa shape index (κ3) is 4.14. The minimum atomic E-state index is 0.0872. The molecule has 224 valence electrons. The van der Waals surface area contributed by atoms with Gasteiger partial charge in [0.25, 0.3) is 0 Å². The fourth-order valence-corrected chi connectivity index (χ4v) is 7.70. The predicted molar refractivity (Wildman–Crippen MR) is 195 cm³/mol. The van der Waals surface area contributed by atoms with E-state index in [-0.39, 0.29) is 12.0 Å². The van der Waals surface area contributed by atoms with Gasteiger partial charge in [-0.3, -0.25) is 0 Å². The van der Waals surface area contributed by atoms with Crippen molar-refractivity contribution in [3.05, 3.63) is 174 Å². The summed E-state index contributed by atoms with van der Waals surface area (Å²) in [5, 5.41) is 25.5. The van der Waals surface area contributed by atoms with E-state index < -0.39 is 0 Å². The molecule has 6 aromatic carbocycles. The summed E-state index contributed by atoms with van der Waals surface area (Å²) >= 11 is 0. The van der Waals surface area contributed by atoms with Crippen LogP contribution in [0.1, 0.15) is 28.7 Å². The van der Waals surface area contributed by atoms with Crippen LogP contribution in [0.5, 0.6) is 0 Å². The topological polar surface area (TPSA) is 57.4 Å². The first-order valence-electron chi connectivity index (χ1n) is 16.1. The van der Waals surface area contributed by atoms with Crippen LogP contribution in [0.25, 0.3) is 60.4 Å². The highest BCUT2D eigenvalue weighted by molar-refractivity contribution is 6.10.